The average molecular weight is 280 g/mol. The highest BCUT2D eigenvalue weighted by Crippen LogP contribution is 2.33. The summed E-state index contributed by atoms with van der Waals surface area (Å²) >= 11 is 0. The molecule has 3 rings (SSSR count). The summed E-state index contributed by atoms with van der Waals surface area (Å²) in [7, 11) is -3.38. The second kappa shape index (κ2) is 4.80. The smallest absolute Gasteiger partial charge is 0.240 e. The van der Waals surface area contributed by atoms with Gasteiger partial charge in [-0.1, -0.05) is 0 Å². The molecule has 104 valence electrons. The molecular weight excluding hydrogens is 260 g/mol. The second-order valence-corrected chi connectivity index (χ2v) is 7.31. The summed E-state index contributed by atoms with van der Waals surface area (Å²) in [6, 6.07) is 5.42. The van der Waals surface area contributed by atoms with Crippen molar-refractivity contribution in [1.82, 2.24) is 4.72 Å². The molecule has 19 heavy (non-hydrogen) atoms. The molecule has 0 bridgehead atoms. The van der Waals surface area contributed by atoms with E-state index in [1.165, 1.54) is 0 Å². The maximum absolute atomic E-state index is 12.3. The van der Waals surface area contributed by atoms with Crippen LogP contribution in [0.15, 0.2) is 23.1 Å². The fourth-order valence-corrected chi connectivity index (χ4v) is 3.99. The van der Waals surface area contributed by atoms with Gasteiger partial charge >= 0.3 is 0 Å². The third-order valence-corrected chi connectivity index (χ3v) is 5.55. The zero-order chi connectivity index (χ0) is 13.5. The van der Waals surface area contributed by atoms with Crippen LogP contribution in [0.1, 0.15) is 31.7 Å². The van der Waals surface area contributed by atoms with Crippen molar-refractivity contribution in [3.05, 3.63) is 23.8 Å². The predicted molar refractivity (Wildman–Crippen MR) is 75.8 cm³/mol. The highest BCUT2D eigenvalue weighted by Gasteiger charge is 2.31. The minimum absolute atomic E-state index is 0.0409. The van der Waals surface area contributed by atoms with Gasteiger partial charge in [-0.3, -0.25) is 0 Å². The summed E-state index contributed by atoms with van der Waals surface area (Å²) in [5, 5.41) is 3.30. The predicted octanol–water partition coefficient (Wildman–Crippen LogP) is 2.12. The van der Waals surface area contributed by atoms with Crippen molar-refractivity contribution >= 4 is 15.7 Å². The van der Waals surface area contributed by atoms with E-state index in [1.54, 1.807) is 6.07 Å². The normalized spacial score (nSPS) is 20.5. The first-order chi connectivity index (χ1) is 9.06. The summed E-state index contributed by atoms with van der Waals surface area (Å²) < 4.78 is 27.5. The Hall–Kier alpha value is -1.07. The molecule has 0 aromatic heterocycles. The van der Waals surface area contributed by atoms with Gasteiger partial charge in [-0.2, -0.15) is 0 Å². The Bertz CT molecular complexity index is 579. The molecule has 0 spiro atoms. The van der Waals surface area contributed by atoms with Gasteiger partial charge in [0, 0.05) is 18.3 Å². The number of aryl methyl sites for hydroxylation is 1. The molecule has 0 amide bonds. The number of fused-ring (bicyclic) bond motifs is 1. The fraction of sp³-hybridized carbons (Fsp3) is 0.571. The van der Waals surface area contributed by atoms with Crippen molar-refractivity contribution in [2.24, 2.45) is 5.92 Å². The van der Waals surface area contributed by atoms with Crippen LogP contribution >= 0.6 is 0 Å². The molecule has 5 heteroatoms. The van der Waals surface area contributed by atoms with Crippen molar-refractivity contribution in [3.8, 4) is 0 Å². The van der Waals surface area contributed by atoms with E-state index in [0.717, 1.165) is 43.5 Å². The number of rotatable bonds is 4. The minimum Gasteiger partial charge on any atom is -0.385 e. The molecule has 1 atom stereocenters. The van der Waals surface area contributed by atoms with Crippen molar-refractivity contribution in [2.45, 2.75) is 43.5 Å². The van der Waals surface area contributed by atoms with Crippen molar-refractivity contribution < 1.29 is 8.42 Å². The molecule has 1 aromatic carbocycles. The third-order valence-electron chi connectivity index (χ3n) is 4.00. The van der Waals surface area contributed by atoms with Crippen LogP contribution in [0.5, 0.6) is 0 Å². The van der Waals surface area contributed by atoms with E-state index in [2.05, 4.69) is 10.0 Å². The molecule has 2 N–H and O–H groups in total. The lowest BCUT2D eigenvalue weighted by atomic mass is 10.0. The molecule has 1 unspecified atom stereocenters. The lowest BCUT2D eigenvalue weighted by Gasteiger charge is -2.19. The average Bonchev–Trinajstić information content (AvgIpc) is 3.22. The van der Waals surface area contributed by atoms with Crippen LogP contribution in [-0.2, 0) is 16.4 Å². The van der Waals surface area contributed by atoms with E-state index >= 15 is 0 Å². The summed E-state index contributed by atoms with van der Waals surface area (Å²) in [6.45, 7) is 2.92. The second-order valence-electron chi connectivity index (χ2n) is 5.60. The topological polar surface area (TPSA) is 58.2 Å². The number of sulfonamides is 1. The number of hydrogen-bond acceptors (Lipinski definition) is 3. The van der Waals surface area contributed by atoms with Gasteiger partial charge in [0.1, 0.15) is 0 Å². The van der Waals surface area contributed by atoms with Crippen LogP contribution in [0, 0.1) is 5.92 Å². The number of anilines is 1. The number of nitrogens with one attached hydrogen (secondary N) is 2. The molecule has 0 saturated heterocycles. The molecule has 2 aliphatic rings. The first kappa shape index (κ1) is 12.9. The summed E-state index contributed by atoms with van der Waals surface area (Å²) in [5.41, 5.74) is 2.17. The standard InChI is InChI=1S/C14H20N2O2S/c1-10(11-4-5-11)16-19(17,18)13-6-7-14-12(9-13)3-2-8-15-14/h6-7,9-11,15-16H,2-5,8H2,1H3. The Morgan fingerprint density at radius 2 is 2.16 bits per heavy atom. The minimum atomic E-state index is -3.38. The van der Waals surface area contributed by atoms with Crippen molar-refractivity contribution in [2.75, 3.05) is 11.9 Å². The van der Waals surface area contributed by atoms with Crippen LogP contribution in [-0.4, -0.2) is 21.0 Å². The Morgan fingerprint density at radius 3 is 2.89 bits per heavy atom. The summed E-state index contributed by atoms with van der Waals surface area (Å²) in [4.78, 5) is 0.391. The lowest BCUT2D eigenvalue weighted by molar-refractivity contribution is 0.538. The van der Waals surface area contributed by atoms with E-state index in [1.807, 2.05) is 19.1 Å². The molecule has 1 aliphatic heterocycles. The van der Waals surface area contributed by atoms with E-state index in [-0.39, 0.29) is 6.04 Å². The first-order valence-corrected chi connectivity index (χ1v) is 8.44. The van der Waals surface area contributed by atoms with Gasteiger partial charge in [0.25, 0.3) is 0 Å². The molecular formula is C14H20N2O2S. The summed E-state index contributed by atoms with van der Waals surface area (Å²) in [6.07, 6.45) is 4.28. The highest BCUT2D eigenvalue weighted by atomic mass is 32.2. The molecule has 1 fully saturated rings. The van der Waals surface area contributed by atoms with Gasteiger partial charge in [0.2, 0.25) is 10.0 Å². The zero-order valence-electron chi connectivity index (χ0n) is 11.1. The highest BCUT2D eigenvalue weighted by molar-refractivity contribution is 7.89. The molecule has 1 heterocycles. The van der Waals surface area contributed by atoms with Gasteiger partial charge in [-0.25, -0.2) is 13.1 Å². The Morgan fingerprint density at radius 1 is 1.37 bits per heavy atom. The molecule has 1 aliphatic carbocycles. The van der Waals surface area contributed by atoms with E-state index < -0.39 is 10.0 Å². The fourth-order valence-electron chi connectivity index (χ4n) is 2.62. The van der Waals surface area contributed by atoms with Gasteiger partial charge in [0.15, 0.2) is 0 Å². The largest absolute Gasteiger partial charge is 0.385 e. The van der Waals surface area contributed by atoms with E-state index in [0.29, 0.717) is 10.8 Å². The SMILES string of the molecule is CC(NS(=O)(=O)c1ccc2c(c1)CCCN2)C1CC1. The van der Waals surface area contributed by atoms with Crippen LogP contribution in [0.25, 0.3) is 0 Å². The van der Waals surface area contributed by atoms with Gasteiger partial charge in [0.05, 0.1) is 4.90 Å². The summed E-state index contributed by atoms with van der Waals surface area (Å²) in [5.74, 6) is 0.522. The maximum atomic E-state index is 12.3. The lowest BCUT2D eigenvalue weighted by Crippen LogP contribution is -2.34. The van der Waals surface area contributed by atoms with Crippen LogP contribution in [0.2, 0.25) is 0 Å². The van der Waals surface area contributed by atoms with Gasteiger partial charge < -0.3 is 5.32 Å². The van der Waals surface area contributed by atoms with Gasteiger partial charge in [-0.15, -0.1) is 0 Å². The Labute approximate surface area is 114 Å². The van der Waals surface area contributed by atoms with E-state index in [9.17, 15) is 8.42 Å². The number of hydrogen-bond donors (Lipinski definition) is 2. The first-order valence-electron chi connectivity index (χ1n) is 6.95. The monoisotopic (exact) mass is 280 g/mol. The molecule has 0 radical (unpaired) electrons. The van der Waals surface area contributed by atoms with Crippen LogP contribution in [0.4, 0.5) is 5.69 Å². The number of benzene rings is 1. The van der Waals surface area contributed by atoms with Crippen molar-refractivity contribution in [1.29, 1.82) is 0 Å². The Balaban J connectivity index is 1.83. The zero-order valence-corrected chi connectivity index (χ0v) is 12.0. The maximum Gasteiger partial charge on any atom is 0.240 e. The van der Waals surface area contributed by atoms with Crippen LogP contribution < -0.4 is 10.0 Å². The third kappa shape index (κ3) is 2.77. The molecule has 1 aromatic rings. The quantitative estimate of drug-likeness (QED) is 0.888. The van der Waals surface area contributed by atoms with E-state index in [4.69, 9.17) is 0 Å². The van der Waals surface area contributed by atoms with Crippen molar-refractivity contribution in [3.63, 3.8) is 0 Å². The van der Waals surface area contributed by atoms with Gasteiger partial charge in [-0.05, 0) is 62.3 Å². The Kier molecular flexibility index (Phi) is 3.27. The molecule has 4 nitrogen and oxygen atoms in total. The van der Waals surface area contributed by atoms with Crippen LogP contribution in [0.3, 0.4) is 0 Å². The molecule has 1 saturated carbocycles.